The Labute approximate surface area is 127 Å². The molecule has 3 nitrogen and oxygen atoms in total. The zero-order valence-electron chi connectivity index (χ0n) is 13.3. The lowest BCUT2D eigenvalue weighted by atomic mass is 9.54. The molecule has 3 heteroatoms. The van der Waals surface area contributed by atoms with E-state index in [1.165, 1.54) is 31.3 Å². The van der Waals surface area contributed by atoms with Gasteiger partial charge in [0.15, 0.2) is 0 Å². The molecule has 0 aromatic heterocycles. The maximum absolute atomic E-state index is 12.6. The van der Waals surface area contributed by atoms with E-state index >= 15 is 0 Å². The number of hydrogen-bond acceptors (Lipinski definition) is 3. The molecule has 0 spiro atoms. The van der Waals surface area contributed by atoms with Gasteiger partial charge in [0.25, 0.3) is 0 Å². The standard InChI is InChI=1S/C18H27NO2/c1-17-7-3-4-12(17)15-13(6-8-17)18(2)9-5-11(19)10-14(18)16(20)21-15/h11,13-14H,3-10,19H2,1-2H3. The van der Waals surface area contributed by atoms with Crippen molar-refractivity contribution >= 4 is 5.97 Å². The molecule has 1 heterocycles. The second-order valence-corrected chi connectivity index (χ2v) is 8.36. The number of carbonyl (C=O) groups is 1. The van der Waals surface area contributed by atoms with Crippen LogP contribution in [0, 0.1) is 22.7 Å². The Morgan fingerprint density at radius 3 is 2.76 bits per heavy atom. The molecule has 5 unspecified atom stereocenters. The molecule has 3 aliphatic carbocycles. The number of esters is 1. The Kier molecular flexibility index (Phi) is 2.86. The van der Waals surface area contributed by atoms with Crippen molar-refractivity contribution in [1.29, 1.82) is 0 Å². The molecular weight excluding hydrogens is 262 g/mol. The van der Waals surface area contributed by atoms with E-state index in [9.17, 15) is 4.79 Å². The maximum Gasteiger partial charge on any atom is 0.314 e. The Hall–Kier alpha value is -0.830. The molecule has 0 bridgehead atoms. The molecule has 1 saturated heterocycles. The molecule has 0 aromatic rings. The minimum absolute atomic E-state index is 0.00236. The second-order valence-electron chi connectivity index (χ2n) is 8.36. The number of hydrogen-bond donors (Lipinski definition) is 1. The van der Waals surface area contributed by atoms with Crippen LogP contribution in [0.3, 0.4) is 0 Å². The summed E-state index contributed by atoms with van der Waals surface area (Å²) < 4.78 is 5.94. The molecule has 1 aliphatic heterocycles. The number of ether oxygens (including phenoxy) is 1. The third-order valence-electron chi connectivity index (χ3n) is 7.16. The summed E-state index contributed by atoms with van der Waals surface area (Å²) in [4.78, 5) is 12.6. The van der Waals surface area contributed by atoms with Crippen molar-refractivity contribution in [3.8, 4) is 0 Å². The van der Waals surface area contributed by atoms with E-state index in [0.29, 0.717) is 11.3 Å². The van der Waals surface area contributed by atoms with E-state index in [1.54, 1.807) is 0 Å². The predicted octanol–water partition coefficient (Wildman–Crippen LogP) is 3.53. The molecule has 5 atom stereocenters. The van der Waals surface area contributed by atoms with Crippen LogP contribution in [0.5, 0.6) is 0 Å². The van der Waals surface area contributed by atoms with Gasteiger partial charge >= 0.3 is 5.97 Å². The van der Waals surface area contributed by atoms with Gasteiger partial charge in [0, 0.05) is 12.0 Å². The zero-order valence-corrected chi connectivity index (χ0v) is 13.3. The van der Waals surface area contributed by atoms with Gasteiger partial charge in [0.2, 0.25) is 0 Å². The van der Waals surface area contributed by atoms with Crippen molar-refractivity contribution in [3.63, 3.8) is 0 Å². The first-order valence-electron chi connectivity index (χ1n) is 8.65. The number of fused-ring (bicyclic) bond motifs is 4. The first kappa shape index (κ1) is 13.8. The Balaban J connectivity index is 1.78. The zero-order chi connectivity index (χ0) is 14.8. The Morgan fingerprint density at radius 1 is 1.14 bits per heavy atom. The normalized spacial score (nSPS) is 49.3. The summed E-state index contributed by atoms with van der Waals surface area (Å²) in [5.74, 6) is 1.55. The number of carbonyl (C=O) groups excluding carboxylic acids is 1. The average molecular weight is 289 g/mol. The van der Waals surface area contributed by atoms with Crippen LogP contribution in [0.4, 0.5) is 0 Å². The van der Waals surface area contributed by atoms with E-state index in [1.807, 2.05) is 0 Å². The summed E-state index contributed by atoms with van der Waals surface area (Å²) >= 11 is 0. The minimum atomic E-state index is 0.00236. The fourth-order valence-electron chi connectivity index (χ4n) is 5.69. The largest absolute Gasteiger partial charge is 0.431 e. The van der Waals surface area contributed by atoms with Gasteiger partial charge in [-0.2, -0.15) is 0 Å². The monoisotopic (exact) mass is 289 g/mol. The molecular formula is C18H27NO2. The van der Waals surface area contributed by atoms with E-state index in [0.717, 1.165) is 31.4 Å². The number of allylic oxidation sites excluding steroid dienone is 2. The maximum atomic E-state index is 12.6. The fourth-order valence-corrected chi connectivity index (χ4v) is 5.69. The van der Waals surface area contributed by atoms with E-state index in [-0.39, 0.29) is 23.3 Å². The van der Waals surface area contributed by atoms with Gasteiger partial charge in [-0.3, -0.25) is 4.79 Å². The van der Waals surface area contributed by atoms with Gasteiger partial charge < -0.3 is 10.5 Å². The van der Waals surface area contributed by atoms with Gasteiger partial charge in [-0.15, -0.1) is 0 Å². The van der Waals surface area contributed by atoms with Gasteiger partial charge in [-0.25, -0.2) is 0 Å². The summed E-state index contributed by atoms with van der Waals surface area (Å²) in [5, 5.41) is 0. The molecule has 4 rings (SSSR count). The van der Waals surface area contributed by atoms with Crippen molar-refractivity contribution < 1.29 is 9.53 Å². The van der Waals surface area contributed by atoms with Crippen molar-refractivity contribution in [2.45, 2.75) is 71.3 Å². The summed E-state index contributed by atoms with van der Waals surface area (Å²) in [6.07, 6.45) is 9.04. The molecule has 3 fully saturated rings. The highest BCUT2D eigenvalue weighted by atomic mass is 16.5. The third-order valence-corrected chi connectivity index (χ3v) is 7.16. The summed E-state index contributed by atoms with van der Waals surface area (Å²) in [6, 6.07) is 0.171. The molecule has 4 aliphatic rings. The van der Waals surface area contributed by atoms with E-state index < -0.39 is 0 Å². The molecule has 116 valence electrons. The molecule has 21 heavy (non-hydrogen) atoms. The minimum Gasteiger partial charge on any atom is -0.431 e. The summed E-state index contributed by atoms with van der Waals surface area (Å²) in [6.45, 7) is 4.70. The molecule has 2 N–H and O–H groups in total. The van der Waals surface area contributed by atoms with E-state index in [4.69, 9.17) is 10.5 Å². The van der Waals surface area contributed by atoms with Crippen molar-refractivity contribution in [1.82, 2.24) is 0 Å². The van der Waals surface area contributed by atoms with Crippen molar-refractivity contribution in [2.75, 3.05) is 0 Å². The van der Waals surface area contributed by atoms with E-state index in [2.05, 4.69) is 13.8 Å². The van der Waals surface area contributed by atoms with Gasteiger partial charge in [0.1, 0.15) is 5.76 Å². The van der Waals surface area contributed by atoms with Crippen molar-refractivity contribution in [2.24, 2.45) is 28.4 Å². The van der Waals surface area contributed by atoms with Crippen LogP contribution in [0.15, 0.2) is 11.3 Å². The van der Waals surface area contributed by atoms with Crippen LogP contribution in [-0.4, -0.2) is 12.0 Å². The molecule has 0 radical (unpaired) electrons. The average Bonchev–Trinajstić information content (AvgIpc) is 2.83. The Morgan fingerprint density at radius 2 is 1.95 bits per heavy atom. The van der Waals surface area contributed by atoms with Crippen LogP contribution in [0.25, 0.3) is 0 Å². The lowest BCUT2D eigenvalue weighted by Crippen LogP contribution is -2.53. The van der Waals surface area contributed by atoms with Crippen LogP contribution in [-0.2, 0) is 9.53 Å². The summed E-state index contributed by atoms with van der Waals surface area (Å²) in [5.41, 5.74) is 7.98. The first-order chi connectivity index (χ1) is 9.94. The Bertz CT molecular complexity index is 525. The highest BCUT2D eigenvalue weighted by Crippen LogP contribution is 2.61. The smallest absolute Gasteiger partial charge is 0.314 e. The second kappa shape index (κ2) is 4.34. The fraction of sp³-hybridized carbons (Fsp3) is 0.833. The quantitative estimate of drug-likeness (QED) is 0.694. The SMILES string of the molecule is CC12CCCC1=C1OC(=O)C3CC(N)CCC3(C)C1CC2. The van der Waals surface area contributed by atoms with Gasteiger partial charge in [-0.05, 0) is 67.8 Å². The van der Waals surface area contributed by atoms with Gasteiger partial charge in [0.05, 0.1) is 5.92 Å². The molecule has 0 aromatic carbocycles. The van der Waals surface area contributed by atoms with Gasteiger partial charge in [-0.1, -0.05) is 13.8 Å². The topological polar surface area (TPSA) is 52.3 Å². The van der Waals surface area contributed by atoms with Crippen LogP contribution in [0.1, 0.15) is 65.2 Å². The summed E-state index contributed by atoms with van der Waals surface area (Å²) in [7, 11) is 0. The number of rotatable bonds is 0. The third kappa shape index (κ3) is 1.79. The predicted molar refractivity (Wildman–Crippen MR) is 81.2 cm³/mol. The lowest BCUT2D eigenvalue weighted by molar-refractivity contribution is -0.166. The highest BCUT2D eigenvalue weighted by molar-refractivity contribution is 5.76. The van der Waals surface area contributed by atoms with Crippen LogP contribution < -0.4 is 5.73 Å². The molecule has 2 saturated carbocycles. The number of nitrogens with two attached hydrogens (primary N) is 1. The highest BCUT2D eigenvalue weighted by Gasteiger charge is 2.57. The van der Waals surface area contributed by atoms with Crippen LogP contribution >= 0.6 is 0 Å². The van der Waals surface area contributed by atoms with Crippen LogP contribution in [0.2, 0.25) is 0 Å². The molecule has 0 amide bonds. The first-order valence-corrected chi connectivity index (χ1v) is 8.65. The lowest BCUT2D eigenvalue weighted by Gasteiger charge is -2.54. The van der Waals surface area contributed by atoms with Crippen molar-refractivity contribution in [3.05, 3.63) is 11.3 Å².